The number of hydrogen-bond acceptors (Lipinski definition) is 4. The van der Waals surface area contributed by atoms with E-state index in [1.807, 2.05) is 44.2 Å². The maximum absolute atomic E-state index is 12.2. The summed E-state index contributed by atoms with van der Waals surface area (Å²) in [7, 11) is 0. The molecule has 0 bridgehead atoms. The van der Waals surface area contributed by atoms with Gasteiger partial charge in [-0.3, -0.25) is 10.1 Å². The van der Waals surface area contributed by atoms with E-state index in [0.717, 1.165) is 48.2 Å². The van der Waals surface area contributed by atoms with Crippen molar-refractivity contribution in [2.45, 2.75) is 94.5 Å². The fraction of sp³-hybridized carbons (Fsp3) is 0.417. The Labute approximate surface area is 301 Å². The third kappa shape index (κ3) is 6.43. The molecular formula is C36H38Br3N3O3S. The first-order chi connectivity index (χ1) is 21.9. The van der Waals surface area contributed by atoms with Crippen LogP contribution in [-0.2, 0) is 26.0 Å². The molecule has 0 aromatic heterocycles. The lowest BCUT2D eigenvalue weighted by atomic mass is 9.70. The fourth-order valence-electron chi connectivity index (χ4n) is 7.62. The highest BCUT2D eigenvalue weighted by atomic mass is 79.9. The van der Waals surface area contributed by atoms with Crippen LogP contribution in [0.2, 0.25) is 0 Å². The summed E-state index contributed by atoms with van der Waals surface area (Å²) in [6, 6.07) is 18.3. The molecule has 5 aliphatic rings. The Morgan fingerprint density at radius 1 is 0.609 bits per heavy atom. The summed E-state index contributed by atoms with van der Waals surface area (Å²) in [5.74, 6) is 0.209. The van der Waals surface area contributed by atoms with E-state index in [4.69, 9.17) is 17.0 Å². The van der Waals surface area contributed by atoms with Gasteiger partial charge in [0.2, 0.25) is 5.91 Å². The lowest BCUT2D eigenvalue weighted by Crippen LogP contribution is -2.36. The van der Waals surface area contributed by atoms with E-state index in [2.05, 4.69) is 88.0 Å². The molecule has 3 N–H and O–H groups in total. The Kier molecular flexibility index (Phi) is 9.74. The second-order valence-corrected chi connectivity index (χ2v) is 16.4. The number of carbonyl (C=O) groups excluding carboxylic acids is 2. The summed E-state index contributed by atoms with van der Waals surface area (Å²) in [6.07, 6.45) is 11.6. The molecule has 3 heterocycles. The highest BCUT2D eigenvalue weighted by Gasteiger charge is 2.47. The number of hydrogen-bond donors (Lipinski definition) is 3. The fourth-order valence-corrected chi connectivity index (χ4v) is 9.13. The van der Waals surface area contributed by atoms with Crippen molar-refractivity contribution in [3.05, 3.63) is 84.7 Å². The Hall–Kier alpha value is -2.27. The quantitative estimate of drug-likeness (QED) is 0.197. The van der Waals surface area contributed by atoms with Crippen LogP contribution < -0.4 is 16.0 Å². The molecule has 0 radical (unpaired) electrons. The lowest BCUT2D eigenvalue weighted by molar-refractivity contribution is -0.121. The van der Waals surface area contributed by atoms with Gasteiger partial charge in [-0.05, 0) is 105 Å². The standard InChI is InChI=1S/C13H14BrNO.C13H14BrNS.C10H10BrNO2/c2*14-9-4-5-11-10(8-9)13(12(16)15-11)6-2-1-3-7-13;1-10(2)7-5-6(11)3-4-8(7)12-9(13)14-10/h2*4-5,8H,1-3,6-7H2,(H,15,16);3-5H,1-2H3,(H,12,13). The minimum atomic E-state index is -0.568. The Morgan fingerprint density at radius 2 is 1.04 bits per heavy atom. The van der Waals surface area contributed by atoms with Gasteiger partial charge in [0.05, 0.1) is 16.1 Å². The first kappa shape index (κ1) is 33.6. The number of fused-ring (bicyclic) bond motifs is 5. The molecule has 2 aliphatic carbocycles. The molecule has 2 saturated carbocycles. The normalized spacial score (nSPS) is 20.8. The number of amides is 2. The highest BCUT2D eigenvalue weighted by Crippen LogP contribution is 2.49. The zero-order chi connectivity index (χ0) is 32.7. The summed E-state index contributed by atoms with van der Waals surface area (Å²) in [5.41, 5.74) is 5.98. The predicted octanol–water partition coefficient (Wildman–Crippen LogP) is 11.3. The van der Waals surface area contributed by atoms with Crippen LogP contribution in [0.25, 0.3) is 0 Å². The average molecular weight is 832 g/mol. The molecule has 8 rings (SSSR count). The van der Waals surface area contributed by atoms with E-state index >= 15 is 0 Å². The third-order valence-corrected chi connectivity index (χ3v) is 12.0. The molecule has 0 atom stereocenters. The number of anilines is 3. The maximum atomic E-state index is 12.2. The van der Waals surface area contributed by atoms with Gasteiger partial charge in [0.15, 0.2) is 0 Å². The minimum Gasteiger partial charge on any atom is -0.438 e. The van der Waals surface area contributed by atoms with Crippen molar-refractivity contribution in [1.29, 1.82) is 0 Å². The van der Waals surface area contributed by atoms with E-state index < -0.39 is 11.7 Å². The number of carbonyl (C=O) groups is 2. The smallest absolute Gasteiger partial charge is 0.412 e. The number of cyclic esters (lactones) is 1. The molecule has 2 fully saturated rings. The molecule has 242 valence electrons. The predicted molar refractivity (Wildman–Crippen MR) is 200 cm³/mol. The maximum Gasteiger partial charge on any atom is 0.412 e. The van der Waals surface area contributed by atoms with Crippen LogP contribution in [0.15, 0.2) is 68.0 Å². The van der Waals surface area contributed by atoms with E-state index in [9.17, 15) is 9.59 Å². The van der Waals surface area contributed by atoms with Gasteiger partial charge in [-0.2, -0.15) is 0 Å². The van der Waals surface area contributed by atoms with Crippen molar-refractivity contribution in [1.82, 2.24) is 0 Å². The molecule has 3 aromatic rings. The molecule has 6 nitrogen and oxygen atoms in total. The van der Waals surface area contributed by atoms with Crippen LogP contribution in [0.3, 0.4) is 0 Å². The summed E-state index contributed by atoms with van der Waals surface area (Å²) < 4.78 is 8.38. The lowest BCUT2D eigenvalue weighted by Gasteiger charge is -2.33. The van der Waals surface area contributed by atoms with Gasteiger partial charge in [-0.1, -0.05) is 98.5 Å². The minimum absolute atomic E-state index is 0.146. The monoisotopic (exact) mass is 829 g/mol. The van der Waals surface area contributed by atoms with Crippen LogP contribution in [0.4, 0.5) is 21.9 Å². The van der Waals surface area contributed by atoms with Gasteiger partial charge in [-0.15, -0.1) is 0 Å². The van der Waals surface area contributed by atoms with Crippen molar-refractivity contribution < 1.29 is 14.3 Å². The first-order valence-electron chi connectivity index (χ1n) is 16.0. The Bertz CT molecular complexity index is 1610. The first-order valence-corrected chi connectivity index (χ1v) is 18.8. The third-order valence-electron chi connectivity index (χ3n) is 9.99. The molecule has 3 aromatic carbocycles. The van der Waals surface area contributed by atoms with E-state index in [1.165, 1.54) is 68.2 Å². The van der Waals surface area contributed by atoms with Gasteiger partial charge in [0.1, 0.15) is 5.60 Å². The number of nitrogens with one attached hydrogen (secondary N) is 3. The van der Waals surface area contributed by atoms with Crippen LogP contribution >= 0.6 is 60.0 Å². The molecule has 0 unspecified atom stereocenters. The molecule has 0 saturated heterocycles. The van der Waals surface area contributed by atoms with Crippen LogP contribution in [0.1, 0.15) is 94.7 Å². The van der Waals surface area contributed by atoms with E-state index in [1.54, 1.807) is 0 Å². The summed E-state index contributed by atoms with van der Waals surface area (Å²) in [5, 5.41) is 9.08. The van der Waals surface area contributed by atoms with Gasteiger partial charge in [-0.25, -0.2) is 4.79 Å². The number of rotatable bonds is 0. The van der Waals surface area contributed by atoms with E-state index in [0.29, 0.717) is 0 Å². The van der Waals surface area contributed by atoms with Gasteiger partial charge < -0.3 is 15.4 Å². The second-order valence-electron chi connectivity index (χ2n) is 13.3. The van der Waals surface area contributed by atoms with E-state index in [-0.39, 0.29) is 16.7 Å². The zero-order valence-electron chi connectivity index (χ0n) is 26.0. The Balaban J connectivity index is 0.000000122. The summed E-state index contributed by atoms with van der Waals surface area (Å²) in [6.45, 7) is 3.74. The molecule has 3 aliphatic heterocycles. The summed E-state index contributed by atoms with van der Waals surface area (Å²) >= 11 is 16.0. The number of thiocarbonyl (C=S) groups is 1. The SMILES string of the molecule is CC1(C)OC(=O)Nc2ccc(Br)cc21.O=C1Nc2ccc(Br)cc2C12CCCCC2.S=C1Nc2ccc(Br)cc2C12CCCCC2. The van der Waals surface area contributed by atoms with Gasteiger partial charge in [0, 0.05) is 35.8 Å². The molecular weight excluding hydrogens is 794 g/mol. The van der Waals surface area contributed by atoms with Crippen molar-refractivity contribution in [3.63, 3.8) is 0 Å². The van der Waals surface area contributed by atoms with Crippen molar-refractivity contribution >= 4 is 94.1 Å². The molecule has 2 amide bonds. The number of benzene rings is 3. The molecule has 46 heavy (non-hydrogen) atoms. The molecule has 10 heteroatoms. The largest absolute Gasteiger partial charge is 0.438 e. The van der Waals surface area contributed by atoms with Crippen LogP contribution in [-0.4, -0.2) is 17.0 Å². The highest BCUT2D eigenvalue weighted by molar-refractivity contribution is 9.11. The zero-order valence-corrected chi connectivity index (χ0v) is 31.6. The van der Waals surface area contributed by atoms with Crippen molar-refractivity contribution in [3.8, 4) is 0 Å². The van der Waals surface area contributed by atoms with Crippen LogP contribution in [0.5, 0.6) is 0 Å². The average Bonchev–Trinajstić information content (AvgIpc) is 3.43. The molecule has 2 spiro atoms. The van der Waals surface area contributed by atoms with Crippen molar-refractivity contribution in [2.24, 2.45) is 0 Å². The van der Waals surface area contributed by atoms with Gasteiger partial charge in [0.25, 0.3) is 0 Å². The van der Waals surface area contributed by atoms with Gasteiger partial charge >= 0.3 is 6.09 Å². The number of halogens is 3. The topological polar surface area (TPSA) is 79.5 Å². The summed E-state index contributed by atoms with van der Waals surface area (Å²) in [4.78, 5) is 24.4. The number of ether oxygens (including phenoxy) is 1. The second kappa shape index (κ2) is 13.3. The van der Waals surface area contributed by atoms with Crippen molar-refractivity contribution in [2.75, 3.05) is 16.0 Å². The van der Waals surface area contributed by atoms with Crippen LogP contribution in [0, 0.1) is 0 Å². The Morgan fingerprint density at radius 3 is 1.59 bits per heavy atom.